The van der Waals surface area contributed by atoms with E-state index in [4.69, 9.17) is 18.9 Å². The lowest BCUT2D eigenvalue weighted by Gasteiger charge is -2.09. The fourth-order valence-electron chi connectivity index (χ4n) is 3.45. The molecule has 40 heavy (non-hydrogen) atoms. The van der Waals surface area contributed by atoms with Gasteiger partial charge >= 0.3 is 5.97 Å². The van der Waals surface area contributed by atoms with E-state index >= 15 is 0 Å². The van der Waals surface area contributed by atoms with E-state index in [1.165, 1.54) is 6.21 Å². The van der Waals surface area contributed by atoms with Crippen molar-refractivity contribution in [1.82, 2.24) is 5.43 Å². The Balaban J connectivity index is 1.27. The van der Waals surface area contributed by atoms with Gasteiger partial charge in [-0.2, -0.15) is 5.10 Å². The van der Waals surface area contributed by atoms with Gasteiger partial charge in [0.15, 0.2) is 6.61 Å². The van der Waals surface area contributed by atoms with Gasteiger partial charge in [0.1, 0.15) is 29.6 Å². The highest BCUT2D eigenvalue weighted by molar-refractivity contribution is 9.10. The molecule has 0 radical (unpaired) electrons. The van der Waals surface area contributed by atoms with Gasteiger partial charge in [-0.25, -0.2) is 10.2 Å². The third kappa shape index (κ3) is 8.71. The molecule has 4 aromatic rings. The number of benzene rings is 4. The largest absolute Gasteiger partial charge is 0.494 e. The number of amides is 1. The van der Waals surface area contributed by atoms with Gasteiger partial charge in [-0.3, -0.25) is 4.79 Å². The summed E-state index contributed by atoms with van der Waals surface area (Å²) in [5.74, 6) is 1.17. The fraction of sp³-hybridized carbons (Fsp3) is 0.129. The van der Waals surface area contributed by atoms with Gasteiger partial charge in [-0.1, -0.05) is 46.3 Å². The number of ether oxygens (including phenoxy) is 4. The van der Waals surface area contributed by atoms with Gasteiger partial charge in [0.05, 0.1) is 18.4 Å². The summed E-state index contributed by atoms with van der Waals surface area (Å²) >= 11 is 3.40. The Morgan fingerprint density at radius 2 is 1.48 bits per heavy atom. The Morgan fingerprint density at radius 3 is 2.17 bits per heavy atom. The van der Waals surface area contributed by atoms with Crippen molar-refractivity contribution < 1.29 is 28.5 Å². The normalized spacial score (nSPS) is 10.7. The minimum Gasteiger partial charge on any atom is -0.494 e. The molecule has 1 amide bonds. The summed E-state index contributed by atoms with van der Waals surface area (Å²) in [6, 6.07) is 28.6. The highest BCUT2D eigenvalue weighted by Crippen LogP contribution is 2.23. The summed E-state index contributed by atoms with van der Waals surface area (Å²) in [4.78, 5) is 24.9. The first-order valence-electron chi connectivity index (χ1n) is 12.5. The van der Waals surface area contributed by atoms with Gasteiger partial charge in [0.2, 0.25) is 0 Å². The topological polar surface area (TPSA) is 95.5 Å². The van der Waals surface area contributed by atoms with Crippen LogP contribution in [0.25, 0.3) is 0 Å². The highest BCUT2D eigenvalue weighted by Gasteiger charge is 2.12. The van der Waals surface area contributed by atoms with E-state index in [9.17, 15) is 9.59 Å². The maximum atomic E-state index is 12.6. The van der Waals surface area contributed by atoms with Crippen LogP contribution in [0, 0.1) is 0 Å². The standard InChI is InChI=1S/C31H27BrN2O6/c1-2-37-26-11-8-23(9-12-26)31(36)40-29-17-10-25(32)18-24(29)19-33-34-30(35)21-39-28-15-13-27(14-16-28)38-20-22-6-4-3-5-7-22/h3-19H,2,20-21H2,1H3,(H,34,35). The first kappa shape index (κ1) is 28.4. The Labute approximate surface area is 240 Å². The predicted molar refractivity (Wildman–Crippen MR) is 155 cm³/mol. The zero-order valence-electron chi connectivity index (χ0n) is 21.7. The first-order chi connectivity index (χ1) is 19.5. The summed E-state index contributed by atoms with van der Waals surface area (Å²) in [7, 11) is 0. The van der Waals surface area contributed by atoms with E-state index < -0.39 is 11.9 Å². The van der Waals surface area contributed by atoms with Crippen LogP contribution >= 0.6 is 15.9 Å². The summed E-state index contributed by atoms with van der Waals surface area (Å²) in [6.07, 6.45) is 1.39. The molecule has 1 N–H and O–H groups in total. The number of carbonyl (C=O) groups excluding carboxylic acids is 2. The molecule has 0 atom stereocenters. The van der Waals surface area contributed by atoms with Crippen molar-refractivity contribution >= 4 is 34.0 Å². The molecule has 0 aromatic heterocycles. The molecule has 0 aliphatic heterocycles. The van der Waals surface area contributed by atoms with Crippen LogP contribution in [0.2, 0.25) is 0 Å². The molecule has 8 nitrogen and oxygen atoms in total. The third-order valence-electron chi connectivity index (χ3n) is 5.41. The Bertz CT molecular complexity index is 1440. The van der Waals surface area contributed by atoms with Crippen molar-refractivity contribution in [3.63, 3.8) is 0 Å². The molecule has 204 valence electrons. The molecular weight excluding hydrogens is 576 g/mol. The molecule has 0 saturated heterocycles. The summed E-state index contributed by atoms with van der Waals surface area (Å²) in [5, 5.41) is 3.98. The number of hydrogen-bond acceptors (Lipinski definition) is 7. The van der Waals surface area contributed by atoms with Crippen LogP contribution in [-0.4, -0.2) is 31.3 Å². The van der Waals surface area contributed by atoms with E-state index in [-0.39, 0.29) is 12.4 Å². The van der Waals surface area contributed by atoms with Gasteiger partial charge in [-0.05, 0) is 79.2 Å². The number of esters is 1. The number of hydrazone groups is 1. The predicted octanol–water partition coefficient (Wildman–Crippen LogP) is 6.18. The molecule has 4 rings (SSSR count). The smallest absolute Gasteiger partial charge is 0.343 e. The van der Waals surface area contributed by atoms with Crippen LogP contribution in [0.5, 0.6) is 23.0 Å². The van der Waals surface area contributed by atoms with Crippen molar-refractivity contribution in [3.8, 4) is 23.0 Å². The van der Waals surface area contributed by atoms with Crippen LogP contribution in [0.3, 0.4) is 0 Å². The van der Waals surface area contributed by atoms with Crippen molar-refractivity contribution in [2.24, 2.45) is 5.10 Å². The molecule has 0 aliphatic rings. The second kappa shape index (κ2) is 14.5. The lowest BCUT2D eigenvalue weighted by Crippen LogP contribution is -2.24. The van der Waals surface area contributed by atoms with Gasteiger partial charge in [-0.15, -0.1) is 0 Å². The maximum absolute atomic E-state index is 12.6. The van der Waals surface area contributed by atoms with Crippen LogP contribution in [-0.2, 0) is 11.4 Å². The lowest BCUT2D eigenvalue weighted by atomic mass is 10.2. The summed E-state index contributed by atoms with van der Waals surface area (Å²) in [5.41, 5.74) is 4.34. The lowest BCUT2D eigenvalue weighted by molar-refractivity contribution is -0.123. The van der Waals surface area contributed by atoms with Crippen LogP contribution in [0.1, 0.15) is 28.4 Å². The number of nitrogens with one attached hydrogen (secondary N) is 1. The molecule has 9 heteroatoms. The molecule has 0 fully saturated rings. The van der Waals surface area contributed by atoms with E-state index in [2.05, 4.69) is 26.5 Å². The van der Waals surface area contributed by atoms with E-state index in [0.29, 0.717) is 41.6 Å². The van der Waals surface area contributed by atoms with Crippen LogP contribution in [0.15, 0.2) is 107 Å². The number of carbonyl (C=O) groups is 2. The SMILES string of the molecule is CCOc1ccc(C(=O)Oc2ccc(Br)cc2C=NNC(=O)COc2ccc(OCc3ccccc3)cc2)cc1. The molecule has 0 spiro atoms. The minimum absolute atomic E-state index is 0.236. The number of hydrogen-bond donors (Lipinski definition) is 1. The second-order valence-corrected chi connectivity index (χ2v) is 9.27. The Kier molecular flexibility index (Phi) is 10.3. The van der Waals surface area contributed by atoms with Crippen LogP contribution < -0.4 is 24.4 Å². The molecule has 4 aromatic carbocycles. The van der Waals surface area contributed by atoms with Crippen molar-refractivity contribution in [2.45, 2.75) is 13.5 Å². The van der Waals surface area contributed by atoms with E-state index in [0.717, 1.165) is 10.0 Å². The maximum Gasteiger partial charge on any atom is 0.343 e. The molecule has 0 heterocycles. The molecular formula is C31H27BrN2O6. The zero-order chi connectivity index (χ0) is 28.2. The number of nitrogens with zero attached hydrogens (tertiary/aromatic N) is 1. The van der Waals surface area contributed by atoms with Crippen LogP contribution in [0.4, 0.5) is 0 Å². The highest BCUT2D eigenvalue weighted by atomic mass is 79.9. The number of rotatable bonds is 12. The molecule has 0 bridgehead atoms. The van der Waals surface area contributed by atoms with Gasteiger partial charge in [0.25, 0.3) is 5.91 Å². The van der Waals surface area contributed by atoms with E-state index in [1.807, 2.05) is 37.3 Å². The molecule has 0 saturated carbocycles. The quantitative estimate of drug-likeness (QED) is 0.0901. The van der Waals surface area contributed by atoms with Crippen molar-refractivity contribution in [2.75, 3.05) is 13.2 Å². The third-order valence-corrected chi connectivity index (χ3v) is 5.90. The van der Waals surface area contributed by atoms with E-state index in [1.54, 1.807) is 66.7 Å². The van der Waals surface area contributed by atoms with Gasteiger partial charge < -0.3 is 18.9 Å². The second-order valence-electron chi connectivity index (χ2n) is 8.36. The first-order valence-corrected chi connectivity index (χ1v) is 13.3. The summed E-state index contributed by atoms with van der Waals surface area (Å²) < 4.78 is 23.0. The Hall–Kier alpha value is -4.63. The van der Waals surface area contributed by atoms with Crippen molar-refractivity contribution in [1.29, 1.82) is 0 Å². The summed E-state index contributed by atoms with van der Waals surface area (Å²) in [6.45, 7) is 2.64. The fourth-order valence-corrected chi connectivity index (χ4v) is 3.83. The minimum atomic E-state index is -0.533. The number of halogens is 1. The average molecular weight is 603 g/mol. The average Bonchev–Trinajstić information content (AvgIpc) is 2.98. The Morgan fingerprint density at radius 1 is 0.825 bits per heavy atom. The van der Waals surface area contributed by atoms with Crippen molar-refractivity contribution in [3.05, 3.63) is 118 Å². The van der Waals surface area contributed by atoms with Gasteiger partial charge in [0, 0.05) is 10.0 Å². The zero-order valence-corrected chi connectivity index (χ0v) is 23.3. The molecule has 0 aliphatic carbocycles. The molecule has 0 unspecified atom stereocenters. The monoisotopic (exact) mass is 602 g/mol.